The van der Waals surface area contributed by atoms with E-state index in [4.69, 9.17) is 14.0 Å². The number of anilines is 2. The van der Waals surface area contributed by atoms with Gasteiger partial charge in [-0.2, -0.15) is 0 Å². The van der Waals surface area contributed by atoms with Crippen LogP contribution in [-0.4, -0.2) is 47.8 Å². The lowest BCUT2D eigenvalue weighted by Crippen LogP contribution is -2.41. The van der Waals surface area contributed by atoms with E-state index in [2.05, 4.69) is 10.5 Å². The van der Waals surface area contributed by atoms with E-state index < -0.39 is 29.5 Å². The van der Waals surface area contributed by atoms with Crippen LogP contribution < -0.4 is 10.2 Å². The standard InChI is InChI=1S/C22H21N3O6/c1-3-29-21(28)13-5-4-6-14(10-13)23-19(26)17-15-7-8-22(30-15)11-25(20(27)18(17)22)16-9-12(2)31-24-16/h4-10,15,17-18H,3,11H2,1-2H3,(H,23,26)/t15-,17-,18+,22-/m0/s1. The minimum Gasteiger partial charge on any atom is -0.462 e. The minimum atomic E-state index is -0.858. The summed E-state index contributed by atoms with van der Waals surface area (Å²) in [4.78, 5) is 39.9. The second-order valence-corrected chi connectivity index (χ2v) is 7.91. The summed E-state index contributed by atoms with van der Waals surface area (Å²) >= 11 is 0. The summed E-state index contributed by atoms with van der Waals surface area (Å²) in [7, 11) is 0. The normalized spacial score (nSPS) is 28.1. The largest absolute Gasteiger partial charge is 0.462 e. The molecule has 160 valence electrons. The first-order chi connectivity index (χ1) is 14.9. The number of esters is 1. The molecule has 0 unspecified atom stereocenters. The molecule has 2 fully saturated rings. The summed E-state index contributed by atoms with van der Waals surface area (Å²) in [6.07, 6.45) is 3.22. The quantitative estimate of drug-likeness (QED) is 0.579. The number of amides is 2. The van der Waals surface area contributed by atoms with Gasteiger partial charge in [-0.3, -0.25) is 14.5 Å². The third-order valence-electron chi connectivity index (χ3n) is 5.94. The Morgan fingerprint density at radius 3 is 2.94 bits per heavy atom. The monoisotopic (exact) mass is 423 g/mol. The van der Waals surface area contributed by atoms with Gasteiger partial charge in [0.1, 0.15) is 11.4 Å². The lowest BCUT2D eigenvalue weighted by Gasteiger charge is -2.23. The van der Waals surface area contributed by atoms with Gasteiger partial charge in [0.05, 0.1) is 36.7 Å². The third kappa shape index (κ3) is 3.04. The molecule has 0 radical (unpaired) electrons. The molecule has 31 heavy (non-hydrogen) atoms. The molecule has 2 aromatic rings. The predicted octanol–water partition coefficient (Wildman–Crippen LogP) is 2.08. The molecule has 1 aromatic heterocycles. The van der Waals surface area contributed by atoms with Gasteiger partial charge in [-0.1, -0.05) is 23.4 Å². The lowest BCUT2D eigenvalue weighted by molar-refractivity contribution is -0.128. The van der Waals surface area contributed by atoms with Gasteiger partial charge in [-0.15, -0.1) is 0 Å². The summed E-state index contributed by atoms with van der Waals surface area (Å²) < 4.78 is 16.2. The van der Waals surface area contributed by atoms with Crippen LogP contribution in [0.2, 0.25) is 0 Å². The van der Waals surface area contributed by atoms with Crippen LogP contribution in [-0.2, 0) is 19.1 Å². The molecule has 2 bridgehead atoms. The van der Waals surface area contributed by atoms with Crippen LogP contribution in [0, 0.1) is 18.8 Å². The Kier molecular flexibility index (Phi) is 4.44. The highest BCUT2D eigenvalue weighted by molar-refractivity contribution is 6.05. The van der Waals surface area contributed by atoms with Gasteiger partial charge < -0.3 is 19.3 Å². The fourth-order valence-corrected chi connectivity index (χ4v) is 4.64. The number of nitrogens with zero attached hydrogens (tertiary/aromatic N) is 2. The number of carbonyl (C=O) groups is 3. The second-order valence-electron chi connectivity index (χ2n) is 7.91. The Hall–Kier alpha value is -3.46. The maximum atomic E-state index is 13.3. The average Bonchev–Trinajstić information content (AvgIpc) is 3.49. The molecule has 4 atom stereocenters. The molecular weight excluding hydrogens is 402 g/mol. The van der Waals surface area contributed by atoms with Crippen LogP contribution >= 0.6 is 0 Å². The third-order valence-corrected chi connectivity index (χ3v) is 5.94. The zero-order chi connectivity index (χ0) is 21.8. The molecule has 0 saturated carbocycles. The number of rotatable bonds is 5. The van der Waals surface area contributed by atoms with E-state index in [9.17, 15) is 14.4 Å². The summed E-state index contributed by atoms with van der Waals surface area (Å²) in [6.45, 7) is 4.01. The van der Waals surface area contributed by atoms with Crippen LogP contribution in [0.25, 0.3) is 0 Å². The van der Waals surface area contributed by atoms with E-state index in [1.807, 2.05) is 12.2 Å². The molecule has 1 spiro atoms. The smallest absolute Gasteiger partial charge is 0.338 e. The van der Waals surface area contributed by atoms with Crippen molar-refractivity contribution in [3.63, 3.8) is 0 Å². The Morgan fingerprint density at radius 1 is 1.35 bits per heavy atom. The highest BCUT2D eigenvalue weighted by Gasteiger charge is 2.67. The number of ether oxygens (including phenoxy) is 2. The van der Waals surface area contributed by atoms with Crippen molar-refractivity contribution < 1.29 is 28.4 Å². The zero-order valence-electron chi connectivity index (χ0n) is 17.0. The molecule has 1 N–H and O–H groups in total. The molecule has 9 nitrogen and oxygen atoms in total. The zero-order valence-corrected chi connectivity index (χ0v) is 17.0. The molecule has 2 amide bonds. The first-order valence-corrected chi connectivity index (χ1v) is 10.1. The number of fused-ring (bicyclic) bond motifs is 1. The van der Waals surface area contributed by atoms with E-state index in [1.54, 1.807) is 44.2 Å². The number of hydrogen-bond acceptors (Lipinski definition) is 7. The number of aryl methyl sites for hydroxylation is 1. The summed E-state index contributed by atoms with van der Waals surface area (Å²) in [6, 6.07) is 8.19. The molecule has 1 aromatic carbocycles. The van der Waals surface area contributed by atoms with E-state index >= 15 is 0 Å². The van der Waals surface area contributed by atoms with Gasteiger partial charge in [0.25, 0.3) is 0 Å². The number of nitrogens with one attached hydrogen (secondary N) is 1. The van der Waals surface area contributed by atoms with Gasteiger partial charge >= 0.3 is 5.97 Å². The maximum absolute atomic E-state index is 13.3. The molecule has 3 aliphatic heterocycles. The van der Waals surface area contributed by atoms with Crippen LogP contribution in [0.1, 0.15) is 23.0 Å². The maximum Gasteiger partial charge on any atom is 0.338 e. The van der Waals surface area contributed by atoms with Gasteiger partial charge in [0.2, 0.25) is 11.8 Å². The lowest BCUT2D eigenvalue weighted by atomic mass is 9.76. The van der Waals surface area contributed by atoms with Crippen molar-refractivity contribution in [3.8, 4) is 0 Å². The van der Waals surface area contributed by atoms with Crippen molar-refractivity contribution in [1.82, 2.24) is 5.16 Å². The summed E-state index contributed by atoms with van der Waals surface area (Å²) in [5.41, 5.74) is -0.0702. The molecule has 2 saturated heterocycles. The highest BCUT2D eigenvalue weighted by atomic mass is 16.5. The van der Waals surface area contributed by atoms with Gasteiger partial charge in [-0.25, -0.2) is 4.79 Å². The van der Waals surface area contributed by atoms with Gasteiger partial charge in [0.15, 0.2) is 5.82 Å². The molecule has 4 heterocycles. The molecule has 9 heteroatoms. The molecular formula is C22H21N3O6. The van der Waals surface area contributed by atoms with Crippen molar-refractivity contribution in [2.75, 3.05) is 23.4 Å². The van der Waals surface area contributed by atoms with Crippen molar-refractivity contribution >= 4 is 29.3 Å². The topological polar surface area (TPSA) is 111 Å². The van der Waals surface area contributed by atoms with Crippen molar-refractivity contribution in [2.24, 2.45) is 11.8 Å². The fraction of sp³-hybridized carbons (Fsp3) is 0.364. The first kappa shape index (κ1) is 19.5. The minimum absolute atomic E-state index is 0.222. The first-order valence-electron chi connectivity index (χ1n) is 10.1. The Bertz CT molecular complexity index is 1110. The van der Waals surface area contributed by atoms with Gasteiger partial charge in [0, 0.05) is 11.8 Å². The van der Waals surface area contributed by atoms with Crippen molar-refractivity contribution in [2.45, 2.75) is 25.6 Å². The Morgan fingerprint density at radius 2 is 2.19 bits per heavy atom. The average molecular weight is 423 g/mol. The van der Waals surface area contributed by atoms with Crippen molar-refractivity contribution in [1.29, 1.82) is 0 Å². The SMILES string of the molecule is CCOC(=O)c1cccc(NC(=O)[C@H]2[C@@H]3C=C[C@@]4(CN(c5cc(C)on5)C(=O)[C@@H]24)O3)c1. The van der Waals surface area contributed by atoms with E-state index in [0.717, 1.165) is 0 Å². The molecule has 3 aliphatic rings. The van der Waals surface area contributed by atoms with Crippen LogP contribution in [0.3, 0.4) is 0 Å². The number of benzene rings is 1. The fourth-order valence-electron chi connectivity index (χ4n) is 4.64. The molecule has 0 aliphatic carbocycles. The predicted molar refractivity (Wildman–Crippen MR) is 108 cm³/mol. The Labute approximate surface area is 178 Å². The van der Waals surface area contributed by atoms with Crippen LogP contribution in [0.4, 0.5) is 11.5 Å². The van der Waals surface area contributed by atoms with Gasteiger partial charge in [-0.05, 0) is 32.0 Å². The molecule has 5 rings (SSSR count). The number of hydrogen-bond donors (Lipinski definition) is 1. The summed E-state index contributed by atoms with van der Waals surface area (Å²) in [5, 5.41) is 6.77. The Balaban J connectivity index is 1.38. The van der Waals surface area contributed by atoms with E-state index in [-0.39, 0.29) is 25.0 Å². The highest BCUT2D eigenvalue weighted by Crippen LogP contribution is 2.52. The number of carbonyl (C=O) groups excluding carboxylic acids is 3. The van der Waals surface area contributed by atoms with Crippen LogP contribution in [0.15, 0.2) is 47.0 Å². The van der Waals surface area contributed by atoms with Crippen LogP contribution in [0.5, 0.6) is 0 Å². The van der Waals surface area contributed by atoms with Crippen molar-refractivity contribution in [3.05, 3.63) is 53.8 Å². The summed E-state index contributed by atoms with van der Waals surface area (Å²) in [5.74, 6) is -1.38. The number of aromatic nitrogens is 1. The van der Waals surface area contributed by atoms with E-state index in [0.29, 0.717) is 22.8 Å². The van der Waals surface area contributed by atoms with E-state index in [1.165, 1.54) is 4.90 Å². The second kappa shape index (κ2) is 7.05.